The summed E-state index contributed by atoms with van der Waals surface area (Å²) in [6.07, 6.45) is 0. The summed E-state index contributed by atoms with van der Waals surface area (Å²) in [5, 5.41) is 2.88. The van der Waals surface area contributed by atoms with Crippen LogP contribution in [0.15, 0.2) is 53.4 Å². The molecule has 1 heterocycles. The van der Waals surface area contributed by atoms with Crippen LogP contribution in [0.25, 0.3) is 0 Å². The lowest BCUT2D eigenvalue weighted by Gasteiger charge is -2.34. The maximum atomic E-state index is 13.1. The number of quaternary nitrogens is 1. The standard InChI is InChI=1S/C20H24FN3O4S/c1-15(20(25)22-17-5-7-18(28-2)8-6-17)23-11-13-24(14-12-23)29(26,27)19-9-3-16(21)4-10-19/h3-10,15H,11-14H2,1-2H3,(H,22,25)/p+1/t15-/m0/s1. The number of rotatable bonds is 6. The van der Waals surface area contributed by atoms with E-state index in [0.29, 0.717) is 37.6 Å². The fraction of sp³-hybridized carbons (Fsp3) is 0.350. The van der Waals surface area contributed by atoms with Crippen LogP contribution in [0.3, 0.4) is 0 Å². The number of nitrogens with one attached hydrogen (secondary N) is 2. The lowest BCUT2D eigenvalue weighted by atomic mass is 10.2. The minimum absolute atomic E-state index is 0.0765. The number of sulfonamides is 1. The van der Waals surface area contributed by atoms with Gasteiger partial charge >= 0.3 is 0 Å². The maximum Gasteiger partial charge on any atom is 0.282 e. The average molecular weight is 423 g/mol. The molecular weight excluding hydrogens is 397 g/mol. The summed E-state index contributed by atoms with van der Waals surface area (Å²) in [5.74, 6) is 0.107. The molecule has 0 aliphatic carbocycles. The van der Waals surface area contributed by atoms with E-state index in [4.69, 9.17) is 4.74 Å². The number of anilines is 1. The first-order chi connectivity index (χ1) is 13.8. The molecule has 156 valence electrons. The quantitative estimate of drug-likeness (QED) is 0.720. The second-order valence-electron chi connectivity index (χ2n) is 6.96. The number of hydrogen-bond acceptors (Lipinski definition) is 4. The van der Waals surface area contributed by atoms with Crippen molar-refractivity contribution in [2.75, 3.05) is 38.6 Å². The molecule has 1 fully saturated rings. The molecule has 0 bridgehead atoms. The highest BCUT2D eigenvalue weighted by Gasteiger charge is 2.34. The fourth-order valence-corrected chi connectivity index (χ4v) is 4.75. The van der Waals surface area contributed by atoms with Gasteiger partial charge in [0.05, 0.1) is 38.2 Å². The van der Waals surface area contributed by atoms with Crippen molar-refractivity contribution in [3.63, 3.8) is 0 Å². The Morgan fingerprint density at radius 1 is 1.10 bits per heavy atom. The second-order valence-corrected chi connectivity index (χ2v) is 8.89. The molecular formula is C20H25FN3O4S+. The summed E-state index contributed by atoms with van der Waals surface area (Å²) in [4.78, 5) is 13.7. The predicted octanol–water partition coefficient (Wildman–Crippen LogP) is 0.751. The monoisotopic (exact) mass is 422 g/mol. The molecule has 1 atom stereocenters. The Labute approximate surface area is 170 Å². The number of carbonyl (C=O) groups excluding carboxylic acids is 1. The van der Waals surface area contributed by atoms with Crippen LogP contribution in [-0.2, 0) is 14.8 Å². The van der Waals surface area contributed by atoms with Gasteiger partial charge in [0.1, 0.15) is 11.6 Å². The van der Waals surface area contributed by atoms with E-state index in [2.05, 4.69) is 5.32 Å². The molecule has 1 aliphatic rings. The van der Waals surface area contributed by atoms with E-state index >= 15 is 0 Å². The molecule has 0 saturated carbocycles. The fourth-order valence-electron chi connectivity index (χ4n) is 3.31. The third kappa shape index (κ3) is 4.92. The van der Waals surface area contributed by atoms with Crippen molar-refractivity contribution in [3.05, 3.63) is 54.3 Å². The largest absolute Gasteiger partial charge is 0.497 e. The van der Waals surface area contributed by atoms with Gasteiger partial charge < -0.3 is 15.0 Å². The van der Waals surface area contributed by atoms with Crippen LogP contribution in [0, 0.1) is 5.82 Å². The van der Waals surface area contributed by atoms with E-state index in [0.717, 1.165) is 17.0 Å². The second kappa shape index (κ2) is 8.89. The Bertz CT molecular complexity index is 941. The van der Waals surface area contributed by atoms with Crippen molar-refractivity contribution >= 4 is 21.6 Å². The molecule has 0 spiro atoms. The van der Waals surface area contributed by atoms with Gasteiger partial charge in [-0.3, -0.25) is 4.79 Å². The summed E-state index contributed by atoms with van der Waals surface area (Å²) < 4.78 is 45.0. The van der Waals surface area contributed by atoms with E-state index in [1.54, 1.807) is 31.4 Å². The normalized spacial score (nSPS) is 16.9. The molecule has 3 rings (SSSR count). The zero-order valence-corrected chi connectivity index (χ0v) is 17.2. The molecule has 1 saturated heterocycles. The van der Waals surface area contributed by atoms with Crippen molar-refractivity contribution in [2.45, 2.75) is 17.9 Å². The maximum absolute atomic E-state index is 13.1. The Morgan fingerprint density at radius 2 is 1.69 bits per heavy atom. The summed E-state index contributed by atoms with van der Waals surface area (Å²) >= 11 is 0. The van der Waals surface area contributed by atoms with Gasteiger partial charge in [-0.05, 0) is 55.5 Å². The minimum atomic E-state index is -3.66. The summed E-state index contributed by atoms with van der Waals surface area (Å²) in [6, 6.07) is 11.6. The van der Waals surface area contributed by atoms with Crippen molar-refractivity contribution < 1.29 is 27.2 Å². The molecule has 2 N–H and O–H groups in total. The van der Waals surface area contributed by atoms with Gasteiger partial charge in [0.2, 0.25) is 10.0 Å². The van der Waals surface area contributed by atoms with Gasteiger partial charge in [0.15, 0.2) is 6.04 Å². The summed E-state index contributed by atoms with van der Waals surface area (Å²) in [7, 11) is -2.08. The Kier molecular flexibility index (Phi) is 6.51. The topological polar surface area (TPSA) is 80.2 Å². The van der Waals surface area contributed by atoms with Gasteiger partial charge in [0, 0.05) is 5.69 Å². The van der Waals surface area contributed by atoms with Crippen LogP contribution >= 0.6 is 0 Å². The van der Waals surface area contributed by atoms with E-state index in [1.807, 2.05) is 6.92 Å². The number of hydrogen-bond donors (Lipinski definition) is 2. The highest BCUT2D eigenvalue weighted by Crippen LogP contribution is 2.17. The minimum Gasteiger partial charge on any atom is -0.497 e. The number of halogens is 1. The van der Waals surface area contributed by atoms with E-state index < -0.39 is 15.8 Å². The molecule has 1 aliphatic heterocycles. The van der Waals surface area contributed by atoms with Crippen molar-refractivity contribution in [3.8, 4) is 5.75 Å². The molecule has 7 nitrogen and oxygen atoms in total. The highest BCUT2D eigenvalue weighted by atomic mass is 32.2. The van der Waals surface area contributed by atoms with Crippen LogP contribution in [0.5, 0.6) is 5.75 Å². The summed E-state index contributed by atoms with van der Waals surface area (Å²) in [6.45, 7) is 3.46. The van der Waals surface area contributed by atoms with E-state index in [-0.39, 0.29) is 16.8 Å². The number of amides is 1. The van der Waals surface area contributed by atoms with Crippen LogP contribution in [0.4, 0.5) is 10.1 Å². The Morgan fingerprint density at radius 3 is 2.24 bits per heavy atom. The molecule has 1 amide bonds. The SMILES string of the molecule is COc1ccc(NC(=O)[C@H](C)[NH+]2CCN(S(=O)(=O)c3ccc(F)cc3)CC2)cc1. The van der Waals surface area contributed by atoms with Gasteiger partial charge in [0.25, 0.3) is 5.91 Å². The molecule has 0 radical (unpaired) electrons. The summed E-state index contributed by atoms with van der Waals surface area (Å²) in [5.41, 5.74) is 0.680. The molecule has 9 heteroatoms. The number of nitrogens with zero attached hydrogens (tertiary/aromatic N) is 1. The molecule has 29 heavy (non-hydrogen) atoms. The number of methoxy groups -OCH3 is 1. The van der Waals surface area contributed by atoms with Gasteiger partial charge in [-0.2, -0.15) is 4.31 Å². The third-order valence-electron chi connectivity index (χ3n) is 5.18. The molecule has 0 aromatic heterocycles. The Balaban J connectivity index is 1.57. The Hall–Kier alpha value is -2.49. The van der Waals surface area contributed by atoms with Crippen LogP contribution in [0.2, 0.25) is 0 Å². The van der Waals surface area contributed by atoms with Crippen molar-refractivity contribution in [1.29, 1.82) is 0 Å². The molecule has 2 aromatic carbocycles. The first kappa shape index (κ1) is 21.2. The number of carbonyl (C=O) groups is 1. The van der Waals surface area contributed by atoms with Gasteiger partial charge in [-0.1, -0.05) is 0 Å². The molecule has 0 unspecified atom stereocenters. The third-order valence-corrected chi connectivity index (χ3v) is 7.09. The van der Waals surface area contributed by atoms with Crippen LogP contribution < -0.4 is 15.0 Å². The highest BCUT2D eigenvalue weighted by molar-refractivity contribution is 7.89. The van der Waals surface area contributed by atoms with Gasteiger partial charge in [-0.25, -0.2) is 12.8 Å². The number of piperazine rings is 1. The van der Waals surface area contributed by atoms with Crippen LogP contribution in [-0.4, -0.2) is 58.0 Å². The van der Waals surface area contributed by atoms with E-state index in [1.165, 1.54) is 16.4 Å². The van der Waals surface area contributed by atoms with E-state index in [9.17, 15) is 17.6 Å². The van der Waals surface area contributed by atoms with Gasteiger partial charge in [-0.15, -0.1) is 0 Å². The lowest BCUT2D eigenvalue weighted by Crippen LogP contribution is -3.19. The first-order valence-corrected chi connectivity index (χ1v) is 10.8. The first-order valence-electron chi connectivity index (χ1n) is 9.36. The molecule has 2 aromatic rings. The lowest BCUT2D eigenvalue weighted by molar-refractivity contribution is -0.917. The average Bonchev–Trinajstić information content (AvgIpc) is 2.74. The van der Waals surface area contributed by atoms with Crippen LogP contribution in [0.1, 0.15) is 6.92 Å². The predicted molar refractivity (Wildman–Crippen MR) is 107 cm³/mol. The number of ether oxygens (including phenoxy) is 1. The number of benzene rings is 2. The zero-order chi connectivity index (χ0) is 21.0. The smallest absolute Gasteiger partial charge is 0.282 e. The van der Waals surface area contributed by atoms with Crippen molar-refractivity contribution in [2.24, 2.45) is 0 Å². The van der Waals surface area contributed by atoms with Crippen molar-refractivity contribution in [1.82, 2.24) is 4.31 Å². The zero-order valence-electron chi connectivity index (χ0n) is 16.4.